The molecular weight excluding hydrogens is 468 g/mol. The van der Waals surface area contributed by atoms with Crippen LogP contribution in [0.3, 0.4) is 0 Å². The molecule has 0 saturated heterocycles. The second-order valence-corrected chi connectivity index (χ2v) is 11.1. The van der Waals surface area contributed by atoms with Crippen LogP contribution >= 0.6 is 11.9 Å². The number of aliphatic carboxylic acids is 1. The molecule has 3 aromatic carbocycles. The van der Waals surface area contributed by atoms with Gasteiger partial charge in [-0.3, -0.25) is 0 Å². The molecular formula is C30H32N2O3S. The van der Waals surface area contributed by atoms with Crippen molar-refractivity contribution in [3.05, 3.63) is 75.8 Å². The average Bonchev–Trinajstić information content (AvgIpc) is 2.83. The van der Waals surface area contributed by atoms with Gasteiger partial charge in [0, 0.05) is 22.9 Å². The standard InChI is InChI=1S/C30H32N2O3S/c1-17-11-13-20(14-12-17)23-18(2)24-26-21(15-31)9-8-10-22(26)16-32(36-7)27(24)19(3)25(23)28(29(33)34)35-30(4,5)6/h8-14,28H,16H2,1-7H3,(H,33,34)/t28-/m0/s1. The lowest BCUT2D eigenvalue weighted by Crippen LogP contribution is -2.30. The van der Waals surface area contributed by atoms with Crippen molar-refractivity contribution < 1.29 is 14.6 Å². The molecule has 0 fully saturated rings. The van der Waals surface area contributed by atoms with E-state index in [0.29, 0.717) is 17.7 Å². The first kappa shape index (κ1) is 25.8. The van der Waals surface area contributed by atoms with E-state index in [1.54, 1.807) is 11.9 Å². The first-order valence-corrected chi connectivity index (χ1v) is 13.1. The van der Waals surface area contributed by atoms with Gasteiger partial charge in [0.1, 0.15) is 0 Å². The third-order valence-electron chi connectivity index (χ3n) is 6.62. The Morgan fingerprint density at radius 1 is 1.06 bits per heavy atom. The van der Waals surface area contributed by atoms with Gasteiger partial charge in [-0.2, -0.15) is 5.26 Å². The number of fused-ring (bicyclic) bond motifs is 3. The van der Waals surface area contributed by atoms with Gasteiger partial charge in [-0.25, -0.2) is 4.79 Å². The number of aryl methyl sites for hydroxylation is 1. The summed E-state index contributed by atoms with van der Waals surface area (Å²) in [7, 11) is 0. The molecule has 0 saturated carbocycles. The lowest BCUT2D eigenvalue weighted by Gasteiger charge is -2.37. The summed E-state index contributed by atoms with van der Waals surface area (Å²) in [5.74, 6) is -1.02. The van der Waals surface area contributed by atoms with E-state index >= 15 is 0 Å². The molecule has 0 amide bonds. The quantitative estimate of drug-likeness (QED) is 0.369. The van der Waals surface area contributed by atoms with Crippen molar-refractivity contribution in [2.24, 2.45) is 0 Å². The number of hydrogen-bond acceptors (Lipinski definition) is 5. The number of benzene rings is 3. The van der Waals surface area contributed by atoms with Crippen LogP contribution in [0.4, 0.5) is 5.69 Å². The highest BCUT2D eigenvalue weighted by Gasteiger charge is 2.37. The van der Waals surface area contributed by atoms with Gasteiger partial charge in [0.15, 0.2) is 6.10 Å². The van der Waals surface area contributed by atoms with Gasteiger partial charge in [-0.15, -0.1) is 0 Å². The highest BCUT2D eigenvalue weighted by atomic mass is 32.2. The summed E-state index contributed by atoms with van der Waals surface area (Å²) in [5, 5.41) is 20.4. The van der Waals surface area contributed by atoms with Crippen LogP contribution in [0.15, 0.2) is 42.5 Å². The van der Waals surface area contributed by atoms with Gasteiger partial charge in [0.25, 0.3) is 0 Å². The predicted octanol–water partition coefficient (Wildman–Crippen LogP) is 7.36. The Morgan fingerprint density at radius 2 is 1.72 bits per heavy atom. The van der Waals surface area contributed by atoms with E-state index in [-0.39, 0.29) is 0 Å². The number of rotatable bonds is 5. The van der Waals surface area contributed by atoms with E-state index < -0.39 is 17.7 Å². The van der Waals surface area contributed by atoms with Crippen LogP contribution in [0.2, 0.25) is 0 Å². The largest absolute Gasteiger partial charge is 0.479 e. The number of anilines is 1. The maximum atomic E-state index is 12.7. The summed E-state index contributed by atoms with van der Waals surface area (Å²) in [6.45, 7) is 12.3. The number of ether oxygens (including phenoxy) is 1. The van der Waals surface area contributed by atoms with Crippen LogP contribution in [-0.4, -0.2) is 22.9 Å². The Balaban J connectivity index is 2.19. The van der Waals surface area contributed by atoms with Crippen molar-refractivity contribution >= 4 is 23.6 Å². The minimum absolute atomic E-state index is 0.625. The lowest BCUT2D eigenvalue weighted by molar-refractivity contribution is -0.160. The van der Waals surface area contributed by atoms with Crippen LogP contribution < -0.4 is 4.31 Å². The first-order chi connectivity index (χ1) is 17.0. The number of nitriles is 1. The molecule has 4 rings (SSSR count). The van der Waals surface area contributed by atoms with Crippen LogP contribution in [0.1, 0.15) is 60.3 Å². The molecule has 1 N–H and O–H groups in total. The predicted molar refractivity (Wildman–Crippen MR) is 147 cm³/mol. The van der Waals surface area contributed by atoms with E-state index in [2.05, 4.69) is 16.4 Å². The van der Waals surface area contributed by atoms with Crippen molar-refractivity contribution in [3.8, 4) is 28.3 Å². The van der Waals surface area contributed by atoms with Crippen LogP contribution in [-0.2, 0) is 16.1 Å². The van der Waals surface area contributed by atoms with Crippen molar-refractivity contribution in [3.63, 3.8) is 0 Å². The zero-order valence-corrected chi connectivity index (χ0v) is 22.7. The molecule has 186 valence electrons. The maximum Gasteiger partial charge on any atom is 0.337 e. The van der Waals surface area contributed by atoms with E-state index in [0.717, 1.165) is 50.2 Å². The Kier molecular flexibility index (Phi) is 6.92. The van der Waals surface area contributed by atoms with Gasteiger partial charge in [-0.1, -0.05) is 53.9 Å². The van der Waals surface area contributed by atoms with Crippen molar-refractivity contribution in [1.82, 2.24) is 0 Å². The van der Waals surface area contributed by atoms with E-state index in [1.807, 2.05) is 84.2 Å². The van der Waals surface area contributed by atoms with Crippen LogP contribution in [0, 0.1) is 32.1 Å². The minimum Gasteiger partial charge on any atom is -0.479 e. The molecule has 0 unspecified atom stereocenters. The van der Waals surface area contributed by atoms with E-state index in [9.17, 15) is 15.2 Å². The molecule has 0 spiro atoms. The zero-order chi connectivity index (χ0) is 26.4. The molecule has 0 bridgehead atoms. The molecule has 5 nitrogen and oxygen atoms in total. The summed E-state index contributed by atoms with van der Waals surface area (Å²) in [6.07, 6.45) is 0.868. The molecule has 0 radical (unpaired) electrons. The molecule has 36 heavy (non-hydrogen) atoms. The van der Waals surface area contributed by atoms with Crippen molar-refractivity contribution in [2.45, 2.75) is 59.8 Å². The molecule has 1 atom stereocenters. The smallest absolute Gasteiger partial charge is 0.337 e. The van der Waals surface area contributed by atoms with Crippen LogP contribution in [0.25, 0.3) is 22.3 Å². The fraction of sp³-hybridized carbons (Fsp3) is 0.333. The summed E-state index contributed by atoms with van der Waals surface area (Å²) in [6, 6.07) is 16.4. The SMILES string of the molecule is CSN1Cc2cccc(C#N)c2-c2c(C)c(-c3ccc(C)cc3)c([C@H](OC(C)(C)C)C(=O)O)c(C)c21. The Morgan fingerprint density at radius 3 is 2.28 bits per heavy atom. The van der Waals surface area contributed by atoms with Crippen molar-refractivity contribution in [1.29, 1.82) is 5.26 Å². The monoisotopic (exact) mass is 500 g/mol. The Labute approximate surface area is 217 Å². The Bertz CT molecular complexity index is 1380. The third-order valence-corrected chi connectivity index (χ3v) is 7.37. The zero-order valence-electron chi connectivity index (χ0n) is 21.9. The third kappa shape index (κ3) is 4.50. The molecule has 3 aromatic rings. The van der Waals surface area contributed by atoms with Gasteiger partial charge < -0.3 is 14.1 Å². The number of carbonyl (C=O) groups is 1. The highest BCUT2D eigenvalue weighted by Crippen LogP contribution is 2.52. The summed E-state index contributed by atoms with van der Waals surface area (Å²) < 4.78 is 8.40. The molecule has 1 aliphatic rings. The van der Waals surface area contributed by atoms with Gasteiger partial charge in [-0.05, 0) is 75.4 Å². The first-order valence-electron chi connectivity index (χ1n) is 12.0. The average molecular weight is 501 g/mol. The number of carboxylic acid groups (broad SMARTS) is 1. The summed E-state index contributed by atoms with van der Waals surface area (Å²) in [5.41, 5.74) is 9.29. The lowest BCUT2D eigenvalue weighted by atomic mass is 9.79. The molecule has 0 aliphatic carbocycles. The minimum atomic E-state index is -1.15. The second-order valence-electron chi connectivity index (χ2n) is 10.2. The van der Waals surface area contributed by atoms with Crippen LogP contribution in [0.5, 0.6) is 0 Å². The highest BCUT2D eigenvalue weighted by molar-refractivity contribution is 7.99. The van der Waals surface area contributed by atoms with E-state index in [1.165, 1.54) is 0 Å². The van der Waals surface area contributed by atoms with Gasteiger partial charge in [0.05, 0.1) is 29.5 Å². The topological polar surface area (TPSA) is 73.6 Å². The second kappa shape index (κ2) is 9.65. The molecule has 6 heteroatoms. The van der Waals surface area contributed by atoms with Gasteiger partial charge >= 0.3 is 5.97 Å². The molecule has 1 aliphatic heterocycles. The molecule has 0 aromatic heterocycles. The summed E-state index contributed by atoms with van der Waals surface area (Å²) in [4.78, 5) is 12.7. The number of hydrogen-bond donors (Lipinski definition) is 1. The summed E-state index contributed by atoms with van der Waals surface area (Å²) >= 11 is 1.60. The number of carboxylic acids is 1. The fourth-order valence-corrected chi connectivity index (χ4v) is 5.82. The van der Waals surface area contributed by atoms with Gasteiger partial charge in [0.2, 0.25) is 0 Å². The molecule has 1 heterocycles. The normalized spacial score (nSPS) is 13.6. The van der Waals surface area contributed by atoms with Crippen molar-refractivity contribution in [2.75, 3.05) is 10.6 Å². The maximum absolute atomic E-state index is 12.7. The van der Waals surface area contributed by atoms with E-state index in [4.69, 9.17) is 4.74 Å². The Hall–Kier alpha value is -3.27. The fourth-order valence-electron chi connectivity index (χ4n) is 5.14. The number of nitrogens with zero attached hydrogens (tertiary/aromatic N) is 2.